The van der Waals surface area contributed by atoms with Crippen molar-refractivity contribution >= 4 is 6.09 Å². The topological polar surface area (TPSA) is 66.0 Å². The normalized spacial score (nSPS) is 13.0. The van der Waals surface area contributed by atoms with Crippen molar-refractivity contribution in [3.8, 4) is 11.5 Å². The second-order valence-corrected chi connectivity index (χ2v) is 6.78. The summed E-state index contributed by atoms with van der Waals surface area (Å²) in [6, 6.07) is 15.8. The molecule has 2 aromatic carbocycles. The van der Waals surface area contributed by atoms with Crippen molar-refractivity contribution < 1.29 is 23.7 Å². The highest BCUT2D eigenvalue weighted by molar-refractivity contribution is 5.68. The maximum Gasteiger partial charge on any atom is 0.407 e. The Kier molecular flexibility index (Phi) is 7.55. The lowest BCUT2D eigenvalue weighted by atomic mass is 10.2. The molecule has 0 heterocycles. The average Bonchev–Trinajstić information content (AvgIpc) is 3.53. The minimum atomic E-state index is -0.388. The van der Waals surface area contributed by atoms with E-state index in [-0.39, 0.29) is 18.7 Å². The van der Waals surface area contributed by atoms with Crippen molar-refractivity contribution in [2.75, 3.05) is 20.3 Å². The van der Waals surface area contributed by atoms with Crippen LogP contribution in [-0.2, 0) is 22.7 Å². The van der Waals surface area contributed by atoms with Gasteiger partial charge in [0.05, 0.1) is 6.61 Å². The fraction of sp³-hybridized carbons (Fsp3) is 0.409. The zero-order valence-corrected chi connectivity index (χ0v) is 16.2. The van der Waals surface area contributed by atoms with Crippen molar-refractivity contribution in [3.63, 3.8) is 0 Å². The summed E-state index contributed by atoms with van der Waals surface area (Å²) < 4.78 is 22.1. The summed E-state index contributed by atoms with van der Waals surface area (Å²) in [6.07, 6.45) is 2.45. The van der Waals surface area contributed by atoms with Gasteiger partial charge in [-0.3, -0.25) is 0 Å². The van der Waals surface area contributed by atoms with E-state index in [0.717, 1.165) is 30.4 Å². The summed E-state index contributed by atoms with van der Waals surface area (Å²) in [5.41, 5.74) is 1.90. The number of rotatable bonds is 11. The maximum atomic E-state index is 11.8. The minimum absolute atomic E-state index is 0.162. The summed E-state index contributed by atoms with van der Waals surface area (Å²) >= 11 is 0. The van der Waals surface area contributed by atoms with Crippen molar-refractivity contribution in [2.45, 2.75) is 38.5 Å². The molecule has 1 fully saturated rings. The molecule has 1 saturated carbocycles. The SMILES string of the molecule is COCCCOc1cc(COC(=O)NC2CC2)cc(OCc2ccccc2)c1. The monoisotopic (exact) mass is 385 g/mol. The van der Waals surface area contributed by atoms with Crippen molar-refractivity contribution in [1.82, 2.24) is 5.32 Å². The second kappa shape index (κ2) is 10.6. The van der Waals surface area contributed by atoms with Crippen LogP contribution in [0.1, 0.15) is 30.4 Å². The van der Waals surface area contributed by atoms with Gasteiger partial charge in [0.1, 0.15) is 24.7 Å². The van der Waals surface area contributed by atoms with E-state index < -0.39 is 0 Å². The standard InChI is InChI=1S/C22H27NO5/c1-25-10-5-11-26-20-12-18(16-28-22(24)23-19-8-9-19)13-21(14-20)27-15-17-6-3-2-4-7-17/h2-4,6-7,12-14,19H,5,8-11,15-16H2,1H3,(H,23,24). The largest absolute Gasteiger partial charge is 0.493 e. The molecular weight excluding hydrogens is 358 g/mol. The summed E-state index contributed by atoms with van der Waals surface area (Å²) in [5.74, 6) is 1.36. The first kappa shape index (κ1) is 20.0. The third-order valence-electron chi connectivity index (χ3n) is 4.22. The highest BCUT2D eigenvalue weighted by Gasteiger charge is 2.23. The van der Waals surface area contributed by atoms with E-state index >= 15 is 0 Å². The molecule has 0 unspecified atom stereocenters. The van der Waals surface area contributed by atoms with Gasteiger partial charge < -0.3 is 24.3 Å². The Bertz CT molecular complexity index is 746. The summed E-state index contributed by atoms with van der Waals surface area (Å²) in [4.78, 5) is 11.8. The zero-order valence-electron chi connectivity index (χ0n) is 16.2. The van der Waals surface area contributed by atoms with Crippen LogP contribution in [0.25, 0.3) is 0 Å². The highest BCUT2D eigenvalue weighted by atomic mass is 16.5. The average molecular weight is 385 g/mol. The maximum absolute atomic E-state index is 11.8. The van der Waals surface area contributed by atoms with E-state index in [1.54, 1.807) is 7.11 Å². The molecule has 28 heavy (non-hydrogen) atoms. The van der Waals surface area contributed by atoms with Gasteiger partial charge in [0.25, 0.3) is 0 Å². The number of amides is 1. The number of hydrogen-bond donors (Lipinski definition) is 1. The number of carbonyl (C=O) groups is 1. The van der Waals surface area contributed by atoms with Gasteiger partial charge in [-0.25, -0.2) is 4.79 Å². The van der Waals surface area contributed by atoms with Crippen LogP contribution in [0.5, 0.6) is 11.5 Å². The molecule has 1 aliphatic carbocycles. The van der Waals surface area contributed by atoms with Crippen molar-refractivity contribution in [2.24, 2.45) is 0 Å². The van der Waals surface area contributed by atoms with Crippen LogP contribution >= 0.6 is 0 Å². The van der Waals surface area contributed by atoms with Crippen LogP contribution in [0, 0.1) is 0 Å². The first-order chi connectivity index (χ1) is 13.7. The molecule has 6 heteroatoms. The van der Waals surface area contributed by atoms with Gasteiger partial charge in [0.2, 0.25) is 0 Å². The van der Waals surface area contributed by atoms with Crippen LogP contribution in [-0.4, -0.2) is 32.5 Å². The van der Waals surface area contributed by atoms with Gasteiger partial charge in [0.15, 0.2) is 0 Å². The van der Waals surface area contributed by atoms with Gasteiger partial charge in [-0.1, -0.05) is 30.3 Å². The van der Waals surface area contributed by atoms with Gasteiger partial charge in [0, 0.05) is 32.2 Å². The van der Waals surface area contributed by atoms with Crippen LogP contribution < -0.4 is 14.8 Å². The Balaban J connectivity index is 1.61. The van der Waals surface area contributed by atoms with Gasteiger partial charge >= 0.3 is 6.09 Å². The molecule has 0 aliphatic heterocycles. The third-order valence-corrected chi connectivity index (χ3v) is 4.22. The highest BCUT2D eigenvalue weighted by Crippen LogP contribution is 2.25. The van der Waals surface area contributed by atoms with E-state index in [9.17, 15) is 4.79 Å². The smallest absolute Gasteiger partial charge is 0.407 e. The third kappa shape index (κ3) is 7.12. The number of methoxy groups -OCH3 is 1. The fourth-order valence-corrected chi connectivity index (χ4v) is 2.60. The lowest BCUT2D eigenvalue weighted by Crippen LogP contribution is -2.26. The number of carbonyl (C=O) groups excluding carboxylic acids is 1. The Morgan fingerprint density at radius 3 is 2.43 bits per heavy atom. The van der Waals surface area contributed by atoms with Gasteiger partial charge in [-0.05, 0) is 36.1 Å². The zero-order chi connectivity index (χ0) is 19.6. The van der Waals surface area contributed by atoms with Crippen LogP contribution in [0.2, 0.25) is 0 Å². The molecule has 0 aromatic heterocycles. The molecule has 0 saturated heterocycles. The summed E-state index contributed by atoms with van der Waals surface area (Å²) in [7, 11) is 1.67. The fourth-order valence-electron chi connectivity index (χ4n) is 2.60. The van der Waals surface area contributed by atoms with Crippen LogP contribution in [0.4, 0.5) is 4.79 Å². The van der Waals surface area contributed by atoms with E-state index in [2.05, 4.69) is 5.32 Å². The van der Waals surface area contributed by atoms with Crippen molar-refractivity contribution in [1.29, 1.82) is 0 Å². The molecule has 0 radical (unpaired) electrons. The van der Waals surface area contributed by atoms with Crippen LogP contribution in [0.3, 0.4) is 0 Å². The van der Waals surface area contributed by atoms with E-state index in [1.807, 2.05) is 48.5 Å². The first-order valence-electron chi connectivity index (χ1n) is 9.58. The molecule has 1 N–H and O–H groups in total. The molecule has 6 nitrogen and oxygen atoms in total. The van der Waals surface area contributed by atoms with Gasteiger partial charge in [-0.2, -0.15) is 0 Å². The quantitative estimate of drug-likeness (QED) is 0.591. The lowest BCUT2D eigenvalue weighted by molar-refractivity contribution is 0.138. The minimum Gasteiger partial charge on any atom is -0.493 e. The number of nitrogens with one attached hydrogen (secondary N) is 1. The Morgan fingerprint density at radius 1 is 0.964 bits per heavy atom. The second-order valence-electron chi connectivity index (χ2n) is 6.78. The first-order valence-corrected chi connectivity index (χ1v) is 9.58. The number of benzene rings is 2. The summed E-state index contributed by atoms with van der Waals surface area (Å²) in [5, 5.41) is 2.81. The molecule has 2 aromatic rings. The Hall–Kier alpha value is -2.73. The molecule has 1 aliphatic rings. The Labute approximate surface area is 165 Å². The van der Waals surface area contributed by atoms with Crippen LogP contribution in [0.15, 0.2) is 48.5 Å². The number of ether oxygens (including phenoxy) is 4. The lowest BCUT2D eigenvalue weighted by Gasteiger charge is -2.13. The van der Waals surface area contributed by atoms with E-state index in [0.29, 0.717) is 31.3 Å². The predicted octanol–water partition coefficient (Wildman–Crippen LogP) is 4.07. The molecule has 0 bridgehead atoms. The van der Waals surface area contributed by atoms with Crippen molar-refractivity contribution in [3.05, 3.63) is 59.7 Å². The molecular formula is C22H27NO5. The molecule has 3 rings (SSSR count). The molecule has 0 spiro atoms. The van der Waals surface area contributed by atoms with Gasteiger partial charge in [-0.15, -0.1) is 0 Å². The predicted molar refractivity (Wildman–Crippen MR) is 106 cm³/mol. The number of hydrogen-bond acceptors (Lipinski definition) is 5. The molecule has 1 amide bonds. The number of alkyl carbamates (subject to hydrolysis) is 1. The Morgan fingerprint density at radius 2 is 1.71 bits per heavy atom. The summed E-state index contributed by atoms with van der Waals surface area (Å²) in [6.45, 7) is 1.80. The van der Waals surface area contributed by atoms with E-state index in [1.165, 1.54) is 0 Å². The molecule has 150 valence electrons. The molecule has 0 atom stereocenters. The van der Waals surface area contributed by atoms with E-state index in [4.69, 9.17) is 18.9 Å².